The largest absolute Gasteiger partial charge is 0.317 e. The minimum absolute atomic E-state index is 0.528. The van der Waals surface area contributed by atoms with Crippen LogP contribution in [0.15, 0.2) is 5.38 Å². The number of rotatable bonds is 3. The Labute approximate surface area is 71.7 Å². The lowest BCUT2D eigenvalue weighted by molar-refractivity contribution is 0.606. The van der Waals surface area contributed by atoms with Gasteiger partial charge in [0.15, 0.2) is 0 Å². The fraction of sp³-hybridized carbons (Fsp3) is 0.625. The first-order chi connectivity index (χ1) is 5.22. The Morgan fingerprint density at radius 1 is 1.73 bits per heavy atom. The van der Waals surface area contributed by atoms with Crippen LogP contribution in [0.3, 0.4) is 0 Å². The zero-order valence-corrected chi connectivity index (χ0v) is 8.03. The van der Waals surface area contributed by atoms with Gasteiger partial charge in [-0.1, -0.05) is 0 Å². The molecule has 0 aliphatic carbocycles. The van der Waals surface area contributed by atoms with Gasteiger partial charge in [-0.15, -0.1) is 11.3 Å². The van der Waals surface area contributed by atoms with Crippen LogP contribution in [-0.4, -0.2) is 18.1 Å². The third-order valence-corrected chi connectivity index (χ3v) is 2.63. The number of nitrogens with zero attached hydrogens (tertiary/aromatic N) is 1. The summed E-state index contributed by atoms with van der Waals surface area (Å²) in [5.74, 6) is 0. The fourth-order valence-electron chi connectivity index (χ4n) is 0.860. The summed E-state index contributed by atoms with van der Waals surface area (Å²) in [4.78, 5) is 4.38. The Bertz CT molecular complexity index is 220. The van der Waals surface area contributed by atoms with Gasteiger partial charge >= 0.3 is 0 Å². The number of nitrogens with one attached hydrogen (secondary N) is 1. The average Bonchev–Trinajstić information content (AvgIpc) is 2.35. The van der Waals surface area contributed by atoms with Crippen LogP contribution >= 0.6 is 11.3 Å². The van der Waals surface area contributed by atoms with E-state index in [1.165, 1.54) is 5.01 Å². The third kappa shape index (κ3) is 2.60. The predicted octanol–water partition coefficient (Wildman–Crippen LogP) is 1.60. The Hall–Kier alpha value is -0.410. The van der Waals surface area contributed by atoms with Gasteiger partial charge in [-0.2, -0.15) is 0 Å². The normalized spacial score (nSPS) is 13.4. The van der Waals surface area contributed by atoms with Gasteiger partial charge in [-0.3, -0.25) is 0 Å². The van der Waals surface area contributed by atoms with Crippen molar-refractivity contribution in [3.8, 4) is 0 Å². The Kier molecular flexibility index (Phi) is 3.02. The van der Waals surface area contributed by atoms with Crippen molar-refractivity contribution in [3.05, 3.63) is 16.1 Å². The van der Waals surface area contributed by atoms with Crippen molar-refractivity contribution in [1.82, 2.24) is 10.3 Å². The molecule has 0 fully saturated rings. The highest BCUT2D eigenvalue weighted by Crippen LogP contribution is 2.10. The van der Waals surface area contributed by atoms with Crippen molar-refractivity contribution in [3.63, 3.8) is 0 Å². The molecule has 2 nitrogen and oxygen atoms in total. The molecular weight excluding hydrogens is 156 g/mol. The Balaban J connectivity index is 2.50. The number of hydrogen-bond donors (Lipinski definition) is 1. The average molecular weight is 170 g/mol. The lowest BCUT2D eigenvalue weighted by atomic mass is 10.2. The van der Waals surface area contributed by atoms with Gasteiger partial charge in [0.25, 0.3) is 0 Å². The monoisotopic (exact) mass is 170 g/mol. The molecule has 1 unspecified atom stereocenters. The van der Waals surface area contributed by atoms with Crippen LogP contribution in [0.1, 0.15) is 17.6 Å². The summed E-state index contributed by atoms with van der Waals surface area (Å²) in [6.07, 6.45) is 1.04. The molecule has 0 saturated carbocycles. The van der Waals surface area contributed by atoms with E-state index >= 15 is 0 Å². The summed E-state index contributed by atoms with van der Waals surface area (Å²) in [5, 5.41) is 6.51. The molecule has 0 spiro atoms. The first-order valence-electron chi connectivity index (χ1n) is 3.80. The molecule has 0 saturated heterocycles. The second kappa shape index (κ2) is 3.83. The minimum atomic E-state index is 0.528. The zero-order valence-electron chi connectivity index (χ0n) is 7.22. The summed E-state index contributed by atoms with van der Waals surface area (Å²) in [5.41, 5.74) is 1.13. The van der Waals surface area contributed by atoms with Crippen molar-refractivity contribution in [2.75, 3.05) is 7.05 Å². The van der Waals surface area contributed by atoms with E-state index in [1.54, 1.807) is 11.3 Å². The molecule has 1 heterocycles. The lowest BCUT2D eigenvalue weighted by Gasteiger charge is -2.05. The molecule has 0 aliphatic heterocycles. The summed E-state index contributed by atoms with van der Waals surface area (Å²) >= 11 is 1.74. The van der Waals surface area contributed by atoms with E-state index in [0.717, 1.165) is 12.1 Å². The van der Waals surface area contributed by atoms with Gasteiger partial charge in [0.1, 0.15) is 0 Å². The molecule has 11 heavy (non-hydrogen) atoms. The number of thiazole rings is 1. The van der Waals surface area contributed by atoms with E-state index in [4.69, 9.17) is 0 Å². The van der Waals surface area contributed by atoms with E-state index in [-0.39, 0.29) is 0 Å². The number of likely N-dealkylation sites (N-methyl/N-ethyl adjacent to an activating group) is 1. The molecule has 1 aromatic rings. The Morgan fingerprint density at radius 2 is 2.45 bits per heavy atom. The second-order valence-electron chi connectivity index (χ2n) is 2.78. The lowest BCUT2D eigenvalue weighted by Crippen LogP contribution is -2.23. The van der Waals surface area contributed by atoms with Crippen molar-refractivity contribution in [2.45, 2.75) is 26.3 Å². The van der Waals surface area contributed by atoms with Gasteiger partial charge in [0, 0.05) is 23.5 Å². The molecule has 0 aromatic carbocycles. The van der Waals surface area contributed by atoms with Crippen LogP contribution in [0.4, 0.5) is 0 Å². The summed E-state index contributed by atoms with van der Waals surface area (Å²) in [6, 6.07) is 0.528. The van der Waals surface area contributed by atoms with Crippen molar-refractivity contribution in [2.24, 2.45) is 0 Å². The molecule has 1 N–H and O–H groups in total. The molecule has 0 aliphatic rings. The van der Waals surface area contributed by atoms with Crippen LogP contribution < -0.4 is 5.32 Å². The summed E-state index contributed by atoms with van der Waals surface area (Å²) in [6.45, 7) is 4.20. The van der Waals surface area contributed by atoms with Crippen LogP contribution in [0.5, 0.6) is 0 Å². The number of aryl methyl sites for hydroxylation is 1. The smallest absolute Gasteiger partial charge is 0.0943 e. The highest BCUT2D eigenvalue weighted by atomic mass is 32.1. The van der Waals surface area contributed by atoms with E-state index < -0.39 is 0 Å². The zero-order chi connectivity index (χ0) is 8.27. The first kappa shape index (κ1) is 8.68. The maximum Gasteiger partial charge on any atom is 0.0943 e. The number of aromatic nitrogens is 1. The molecule has 0 amide bonds. The molecule has 0 bridgehead atoms. The highest BCUT2D eigenvalue weighted by Gasteiger charge is 2.02. The predicted molar refractivity (Wildman–Crippen MR) is 49.1 cm³/mol. The van der Waals surface area contributed by atoms with Crippen molar-refractivity contribution in [1.29, 1.82) is 0 Å². The van der Waals surface area contributed by atoms with Gasteiger partial charge < -0.3 is 5.32 Å². The molecule has 0 radical (unpaired) electrons. The van der Waals surface area contributed by atoms with Crippen LogP contribution in [0.25, 0.3) is 0 Å². The van der Waals surface area contributed by atoms with E-state index in [2.05, 4.69) is 22.6 Å². The van der Waals surface area contributed by atoms with Crippen LogP contribution in [0, 0.1) is 6.92 Å². The second-order valence-corrected chi connectivity index (χ2v) is 3.72. The fourth-order valence-corrected chi connectivity index (χ4v) is 1.76. The van der Waals surface area contributed by atoms with E-state index in [9.17, 15) is 0 Å². The van der Waals surface area contributed by atoms with Crippen molar-refractivity contribution >= 4 is 11.3 Å². The summed E-state index contributed by atoms with van der Waals surface area (Å²) in [7, 11) is 1.98. The third-order valence-electron chi connectivity index (χ3n) is 1.64. The van der Waals surface area contributed by atoms with Gasteiger partial charge in [0.2, 0.25) is 0 Å². The van der Waals surface area contributed by atoms with Gasteiger partial charge in [-0.25, -0.2) is 4.98 Å². The van der Waals surface area contributed by atoms with Gasteiger partial charge in [-0.05, 0) is 20.9 Å². The van der Waals surface area contributed by atoms with Crippen LogP contribution in [0.2, 0.25) is 0 Å². The quantitative estimate of drug-likeness (QED) is 0.745. The molecule has 1 aromatic heterocycles. The molecular formula is C8H14N2S. The van der Waals surface area contributed by atoms with Gasteiger partial charge in [0.05, 0.1) is 5.01 Å². The maximum absolute atomic E-state index is 4.38. The maximum atomic E-state index is 4.38. The molecule has 1 rings (SSSR count). The molecule has 1 atom stereocenters. The molecule has 3 heteroatoms. The SMILES string of the molecule is CNC(C)Cc1nc(C)cs1. The van der Waals surface area contributed by atoms with E-state index in [1.807, 2.05) is 14.0 Å². The minimum Gasteiger partial charge on any atom is -0.317 e. The topological polar surface area (TPSA) is 24.9 Å². The Morgan fingerprint density at radius 3 is 2.91 bits per heavy atom. The molecule has 62 valence electrons. The first-order valence-corrected chi connectivity index (χ1v) is 4.68. The van der Waals surface area contributed by atoms with Crippen LogP contribution in [-0.2, 0) is 6.42 Å². The standard InChI is InChI=1S/C8H14N2S/c1-6(9-3)4-8-10-7(2)5-11-8/h5-6,9H,4H2,1-3H3. The number of hydrogen-bond acceptors (Lipinski definition) is 3. The van der Waals surface area contributed by atoms with E-state index in [0.29, 0.717) is 6.04 Å². The highest BCUT2D eigenvalue weighted by molar-refractivity contribution is 7.09. The van der Waals surface area contributed by atoms with Crippen molar-refractivity contribution < 1.29 is 0 Å². The summed E-state index contributed by atoms with van der Waals surface area (Å²) < 4.78 is 0.